The largest absolute Gasteiger partial charge is 0.339 e. The molecule has 2 aromatic heterocycles. The van der Waals surface area contributed by atoms with Gasteiger partial charge in [-0.05, 0) is 55.3 Å². The Morgan fingerprint density at radius 2 is 1.90 bits per heavy atom. The lowest BCUT2D eigenvalue weighted by molar-refractivity contribution is 0.102. The molecule has 0 aliphatic rings. The van der Waals surface area contributed by atoms with E-state index in [1.807, 2.05) is 62.4 Å². The molecule has 0 spiro atoms. The molecule has 152 valence electrons. The second-order valence-corrected chi connectivity index (χ2v) is 6.99. The lowest BCUT2D eigenvalue weighted by Crippen LogP contribution is -2.12. The zero-order valence-corrected chi connectivity index (χ0v) is 17.2. The summed E-state index contributed by atoms with van der Waals surface area (Å²) >= 11 is 0. The van der Waals surface area contributed by atoms with Crippen molar-refractivity contribution < 1.29 is 9.32 Å². The highest BCUT2D eigenvalue weighted by atomic mass is 16.5. The minimum Gasteiger partial charge on any atom is -0.339 e. The summed E-state index contributed by atoms with van der Waals surface area (Å²) in [7, 11) is 0. The van der Waals surface area contributed by atoms with Crippen molar-refractivity contribution in [2.45, 2.75) is 33.6 Å². The van der Waals surface area contributed by atoms with E-state index in [0.717, 1.165) is 23.4 Å². The van der Waals surface area contributed by atoms with Gasteiger partial charge in [-0.2, -0.15) is 10.1 Å². The lowest BCUT2D eigenvalue weighted by atomic mass is 10.1. The first kappa shape index (κ1) is 19.6. The van der Waals surface area contributed by atoms with Crippen molar-refractivity contribution in [2.75, 3.05) is 5.32 Å². The van der Waals surface area contributed by atoms with Crippen molar-refractivity contribution in [1.82, 2.24) is 19.9 Å². The first-order valence-electron chi connectivity index (χ1n) is 9.97. The number of amides is 1. The maximum Gasteiger partial charge on any atom is 0.259 e. The SMILES string of the molecule is CCc1cccc(NC(=O)c2cn(-c3ccc(-c4noc(CC)n4)cc3)nc2C)c1. The predicted octanol–water partition coefficient (Wildman–Crippen LogP) is 4.61. The fraction of sp³-hybridized carbons (Fsp3) is 0.217. The van der Waals surface area contributed by atoms with E-state index in [1.165, 1.54) is 5.56 Å². The minimum atomic E-state index is -0.178. The van der Waals surface area contributed by atoms with Gasteiger partial charge in [0, 0.05) is 23.9 Å². The molecule has 30 heavy (non-hydrogen) atoms. The average molecular weight is 401 g/mol. The molecule has 7 heteroatoms. The summed E-state index contributed by atoms with van der Waals surface area (Å²) in [6.45, 7) is 5.88. The van der Waals surface area contributed by atoms with Crippen LogP contribution in [0.25, 0.3) is 17.1 Å². The molecule has 0 atom stereocenters. The quantitative estimate of drug-likeness (QED) is 0.510. The van der Waals surface area contributed by atoms with Crippen LogP contribution in [0.3, 0.4) is 0 Å². The molecule has 0 unspecified atom stereocenters. The van der Waals surface area contributed by atoms with E-state index < -0.39 is 0 Å². The summed E-state index contributed by atoms with van der Waals surface area (Å²) < 4.78 is 6.87. The second kappa shape index (κ2) is 8.32. The van der Waals surface area contributed by atoms with Gasteiger partial charge in [-0.25, -0.2) is 4.68 Å². The van der Waals surface area contributed by atoms with Crippen LogP contribution in [0.15, 0.2) is 59.3 Å². The van der Waals surface area contributed by atoms with Crippen LogP contribution in [0.2, 0.25) is 0 Å². The average Bonchev–Trinajstić information content (AvgIpc) is 3.41. The number of nitrogens with zero attached hydrogens (tertiary/aromatic N) is 4. The number of carbonyl (C=O) groups is 1. The van der Waals surface area contributed by atoms with Gasteiger partial charge in [0.05, 0.1) is 16.9 Å². The highest BCUT2D eigenvalue weighted by molar-refractivity contribution is 6.05. The van der Waals surface area contributed by atoms with E-state index in [0.29, 0.717) is 29.4 Å². The maximum absolute atomic E-state index is 12.8. The molecule has 2 aromatic carbocycles. The maximum atomic E-state index is 12.8. The molecule has 1 amide bonds. The molecule has 0 saturated heterocycles. The number of carbonyl (C=O) groups excluding carboxylic acids is 1. The van der Waals surface area contributed by atoms with Crippen molar-refractivity contribution >= 4 is 11.6 Å². The Hall–Kier alpha value is -3.74. The Morgan fingerprint density at radius 3 is 2.60 bits per heavy atom. The van der Waals surface area contributed by atoms with Gasteiger partial charge in [-0.1, -0.05) is 31.1 Å². The third-order valence-electron chi connectivity index (χ3n) is 4.90. The highest BCUT2D eigenvalue weighted by Gasteiger charge is 2.15. The van der Waals surface area contributed by atoms with Gasteiger partial charge in [0.2, 0.25) is 11.7 Å². The lowest BCUT2D eigenvalue weighted by Gasteiger charge is -2.06. The number of rotatable bonds is 6. The summed E-state index contributed by atoms with van der Waals surface area (Å²) in [4.78, 5) is 17.1. The van der Waals surface area contributed by atoms with Crippen LogP contribution in [0.5, 0.6) is 0 Å². The standard InChI is InChI=1S/C23H23N5O2/c1-4-16-7-6-8-18(13-16)24-23(29)20-14-28(26-15(20)3)19-11-9-17(10-12-19)22-25-21(5-2)30-27-22/h6-14H,4-5H2,1-3H3,(H,24,29). The number of benzene rings is 2. The van der Waals surface area contributed by atoms with Crippen molar-refractivity contribution in [3.63, 3.8) is 0 Å². The van der Waals surface area contributed by atoms with Crippen LogP contribution < -0.4 is 5.32 Å². The second-order valence-electron chi connectivity index (χ2n) is 6.99. The molecule has 0 bridgehead atoms. The zero-order chi connectivity index (χ0) is 21.1. The number of anilines is 1. The topological polar surface area (TPSA) is 85.8 Å². The Kier molecular flexibility index (Phi) is 5.43. The van der Waals surface area contributed by atoms with Crippen LogP contribution in [-0.2, 0) is 12.8 Å². The number of nitrogens with one attached hydrogen (secondary N) is 1. The van der Waals surface area contributed by atoms with Gasteiger partial charge in [0.25, 0.3) is 5.91 Å². The molecule has 0 aliphatic carbocycles. The smallest absolute Gasteiger partial charge is 0.259 e. The fourth-order valence-electron chi connectivity index (χ4n) is 3.16. The van der Waals surface area contributed by atoms with Crippen LogP contribution in [0.1, 0.15) is 41.4 Å². The van der Waals surface area contributed by atoms with Gasteiger partial charge in [0.1, 0.15) is 0 Å². The van der Waals surface area contributed by atoms with Gasteiger partial charge < -0.3 is 9.84 Å². The summed E-state index contributed by atoms with van der Waals surface area (Å²) in [5.41, 5.74) is 4.85. The molecule has 1 N–H and O–H groups in total. The molecule has 0 aliphatic heterocycles. The monoisotopic (exact) mass is 401 g/mol. The zero-order valence-electron chi connectivity index (χ0n) is 17.2. The Labute approximate surface area is 174 Å². The van der Waals surface area contributed by atoms with Crippen molar-refractivity contribution in [3.8, 4) is 17.1 Å². The Balaban J connectivity index is 1.53. The third kappa shape index (κ3) is 4.00. The summed E-state index contributed by atoms with van der Waals surface area (Å²) in [5, 5.41) is 11.5. The van der Waals surface area contributed by atoms with Crippen LogP contribution in [-0.4, -0.2) is 25.8 Å². The van der Waals surface area contributed by atoms with E-state index in [9.17, 15) is 4.79 Å². The van der Waals surface area contributed by atoms with E-state index in [4.69, 9.17) is 4.52 Å². The molecule has 0 fully saturated rings. The predicted molar refractivity (Wildman–Crippen MR) is 115 cm³/mol. The summed E-state index contributed by atoms with van der Waals surface area (Å²) in [5.74, 6) is 0.990. The van der Waals surface area contributed by atoms with E-state index in [1.54, 1.807) is 10.9 Å². The highest BCUT2D eigenvalue weighted by Crippen LogP contribution is 2.20. The molecular weight excluding hydrogens is 378 g/mol. The Morgan fingerprint density at radius 1 is 1.10 bits per heavy atom. The molecule has 0 radical (unpaired) electrons. The van der Waals surface area contributed by atoms with Crippen molar-refractivity contribution in [2.24, 2.45) is 0 Å². The number of aromatic nitrogens is 4. The summed E-state index contributed by atoms with van der Waals surface area (Å²) in [6.07, 6.45) is 3.36. The fourth-order valence-corrected chi connectivity index (χ4v) is 3.16. The van der Waals surface area contributed by atoms with Crippen LogP contribution >= 0.6 is 0 Å². The van der Waals surface area contributed by atoms with Gasteiger partial charge in [-0.3, -0.25) is 4.79 Å². The van der Waals surface area contributed by atoms with Crippen molar-refractivity contribution in [3.05, 3.63) is 77.4 Å². The summed E-state index contributed by atoms with van der Waals surface area (Å²) in [6, 6.07) is 15.5. The molecule has 4 rings (SSSR count). The third-order valence-corrected chi connectivity index (χ3v) is 4.90. The molecular formula is C23H23N5O2. The number of hydrogen-bond acceptors (Lipinski definition) is 5. The minimum absolute atomic E-state index is 0.178. The number of aryl methyl sites for hydroxylation is 3. The molecule has 4 aromatic rings. The normalized spacial score (nSPS) is 10.9. The van der Waals surface area contributed by atoms with Gasteiger partial charge in [0.15, 0.2) is 0 Å². The molecule has 0 saturated carbocycles. The Bertz CT molecular complexity index is 1170. The number of hydrogen-bond donors (Lipinski definition) is 1. The molecule has 2 heterocycles. The van der Waals surface area contributed by atoms with E-state index >= 15 is 0 Å². The molecule has 7 nitrogen and oxygen atoms in total. The van der Waals surface area contributed by atoms with Gasteiger partial charge >= 0.3 is 0 Å². The first-order chi connectivity index (χ1) is 14.6. The van der Waals surface area contributed by atoms with Gasteiger partial charge in [-0.15, -0.1) is 0 Å². The van der Waals surface area contributed by atoms with E-state index in [-0.39, 0.29) is 5.91 Å². The van der Waals surface area contributed by atoms with Crippen molar-refractivity contribution in [1.29, 1.82) is 0 Å². The first-order valence-corrected chi connectivity index (χ1v) is 9.97. The van der Waals surface area contributed by atoms with E-state index in [2.05, 4.69) is 27.5 Å². The van der Waals surface area contributed by atoms with Crippen LogP contribution in [0, 0.1) is 6.92 Å². The van der Waals surface area contributed by atoms with Crippen LogP contribution in [0.4, 0.5) is 5.69 Å².